The molecule has 7 nitrogen and oxygen atoms in total. The van der Waals surface area contributed by atoms with E-state index in [0.717, 1.165) is 0 Å². The van der Waals surface area contributed by atoms with Gasteiger partial charge in [0.1, 0.15) is 19.2 Å². The molecule has 7 heteroatoms. The van der Waals surface area contributed by atoms with Gasteiger partial charge in [0.25, 0.3) is 5.91 Å². The molecule has 2 rings (SSSR count). The van der Waals surface area contributed by atoms with Crippen molar-refractivity contribution in [3.63, 3.8) is 0 Å². The molecule has 88 valence electrons. The second-order valence-electron chi connectivity index (χ2n) is 3.73. The van der Waals surface area contributed by atoms with Crippen molar-refractivity contribution in [1.29, 1.82) is 0 Å². The van der Waals surface area contributed by atoms with Gasteiger partial charge in [-0.3, -0.25) is 19.7 Å². The lowest BCUT2D eigenvalue weighted by molar-refractivity contribution is -0.153. The first kappa shape index (κ1) is 11.0. The van der Waals surface area contributed by atoms with Crippen molar-refractivity contribution in [3.8, 4) is 0 Å². The molecule has 1 unspecified atom stereocenters. The van der Waals surface area contributed by atoms with Gasteiger partial charge in [-0.1, -0.05) is 0 Å². The molecule has 2 heterocycles. The average Bonchev–Trinajstić information content (AvgIpc) is 2.28. The van der Waals surface area contributed by atoms with Crippen LogP contribution in [0.4, 0.5) is 0 Å². The van der Waals surface area contributed by atoms with E-state index in [9.17, 15) is 14.4 Å². The lowest BCUT2D eigenvalue weighted by atomic mass is 10.2. The zero-order chi connectivity index (χ0) is 11.5. The van der Waals surface area contributed by atoms with Gasteiger partial charge in [0.05, 0.1) is 6.61 Å². The number of carbonyl (C=O) groups is 3. The number of hydrogen-bond donors (Lipinski definition) is 2. The maximum Gasteiger partial charge on any atom is 0.253 e. The van der Waals surface area contributed by atoms with Crippen LogP contribution in [-0.2, 0) is 19.1 Å². The Balaban J connectivity index is 1.97. The lowest BCUT2D eigenvalue weighted by Gasteiger charge is -2.31. The Morgan fingerprint density at radius 1 is 1.31 bits per heavy atom. The van der Waals surface area contributed by atoms with Gasteiger partial charge in [0.2, 0.25) is 11.8 Å². The molecule has 2 saturated heterocycles. The topological polar surface area (TPSA) is 87.7 Å². The van der Waals surface area contributed by atoms with Gasteiger partial charge in [0.15, 0.2) is 0 Å². The molecule has 2 aliphatic rings. The quantitative estimate of drug-likeness (QED) is 0.482. The number of ether oxygens (including phenoxy) is 1. The predicted molar refractivity (Wildman–Crippen MR) is 52.3 cm³/mol. The Kier molecular flexibility index (Phi) is 3.16. The predicted octanol–water partition coefficient (Wildman–Crippen LogP) is -2.54. The Hall–Kier alpha value is -1.47. The van der Waals surface area contributed by atoms with Crippen molar-refractivity contribution in [2.24, 2.45) is 0 Å². The number of amides is 3. The number of rotatable bonds is 1. The van der Waals surface area contributed by atoms with Gasteiger partial charge in [-0.2, -0.15) is 0 Å². The Bertz CT molecular complexity index is 309. The van der Waals surface area contributed by atoms with Gasteiger partial charge in [-0.25, -0.2) is 0 Å². The van der Waals surface area contributed by atoms with Crippen LogP contribution in [0, 0.1) is 0 Å². The first-order valence-corrected chi connectivity index (χ1v) is 5.10. The van der Waals surface area contributed by atoms with Crippen molar-refractivity contribution < 1.29 is 19.1 Å². The molecule has 0 aromatic carbocycles. The Labute approximate surface area is 92.1 Å². The van der Waals surface area contributed by atoms with Gasteiger partial charge in [0, 0.05) is 13.1 Å². The van der Waals surface area contributed by atoms with Gasteiger partial charge >= 0.3 is 0 Å². The lowest BCUT2D eigenvalue weighted by Crippen LogP contribution is -2.58. The van der Waals surface area contributed by atoms with Crippen LogP contribution < -0.4 is 10.6 Å². The van der Waals surface area contributed by atoms with Crippen LogP contribution in [0.2, 0.25) is 0 Å². The number of nitrogens with zero attached hydrogens (tertiary/aromatic N) is 1. The van der Waals surface area contributed by atoms with Crippen LogP contribution in [-0.4, -0.2) is 61.5 Å². The summed E-state index contributed by atoms with van der Waals surface area (Å²) in [4.78, 5) is 35.3. The summed E-state index contributed by atoms with van der Waals surface area (Å²) in [5.74, 6) is -1.21. The minimum atomic E-state index is -0.590. The molecule has 0 saturated carbocycles. The molecule has 1 atom stereocenters. The normalized spacial score (nSPS) is 26.5. The molecule has 2 aliphatic heterocycles. The number of hydrogen-bond acceptors (Lipinski definition) is 5. The van der Waals surface area contributed by atoms with Crippen LogP contribution in [0.3, 0.4) is 0 Å². The third-order valence-corrected chi connectivity index (χ3v) is 2.46. The Morgan fingerprint density at radius 3 is 2.56 bits per heavy atom. The molecular formula is C9H13N3O4. The number of imide groups is 1. The second kappa shape index (κ2) is 4.58. The van der Waals surface area contributed by atoms with Crippen LogP contribution >= 0.6 is 0 Å². The molecule has 3 amide bonds. The van der Waals surface area contributed by atoms with E-state index in [4.69, 9.17) is 4.74 Å². The average molecular weight is 227 g/mol. The molecule has 0 spiro atoms. The summed E-state index contributed by atoms with van der Waals surface area (Å²) in [5.41, 5.74) is 0. The fraction of sp³-hybridized carbons (Fsp3) is 0.667. The van der Waals surface area contributed by atoms with Gasteiger partial charge in [-0.05, 0) is 0 Å². The molecule has 16 heavy (non-hydrogen) atoms. The van der Waals surface area contributed by atoms with E-state index in [2.05, 4.69) is 10.6 Å². The van der Waals surface area contributed by atoms with Gasteiger partial charge in [-0.15, -0.1) is 0 Å². The summed E-state index contributed by atoms with van der Waals surface area (Å²) in [7, 11) is 0. The summed E-state index contributed by atoms with van der Waals surface area (Å²) in [6, 6.07) is 0. The van der Waals surface area contributed by atoms with E-state index in [0.29, 0.717) is 19.7 Å². The van der Waals surface area contributed by atoms with Crippen LogP contribution in [0.15, 0.2) is 0 Å². The SMILES string of the molecule is O=C1CN(C(=O)C2CNCCO2)CC(=O)N1. The first-order chi connectivity index (χ1) is 7.66. The Morgan fingerprint density at radius 2 is 2.00 bits per heavy atom. The molecule has 0 radical (unpaired) electrons. The second-order valence-corrected chi connectivity index (χ2v) is 3.73. The summed E-state index contributed by atoms with van der Waals surface area (Å²) in [5, 5.41) is 5.16. The minimum absolute atomic E-state index is 0.0789. The highest BCUT2D eigenvalue weighted by atomic mass is 16.5. The largest absolute Gasteiger partial charge is 0.366 e. The highest BCUT2D eigenvalue weighted by molar-refractivity contribution is 6.03. The summed E-state index contributed by atoms with van der Waals surface area (Å²) < 4.78 is 5.27. The molecule has 0 aliphatic carbocycles. The summed E-state index contributed by atoms with van der Waals surface area (Å²) in [6.07, 6.45) is -0.590. The van der Waals surface area contributed by atoms with E-state index in [-0.39, 0.29) is 19.0 Å². The summed E-state index contributed by atoms with van der Waals surface area (Å²) in [6.45, 7) is 1.44. The number of carbonyl (C=O) groups excluding carboxylic acids is 3. The van der Waals surface area contributed by atoms with Crippen LogP contribution in [0.1, 0.15) is 0 Å². The zero-order valence-corrected chi connectivity index (χ0v) is 8.69. The summed E-state index contributed by atoms with van der Waals surface area (Å²) >= 11 is 0. The molecule has 2 fully saturated rings. The van der Waals surface area contributed by atoms with Crippen LogP contribution in [0.5, 0.6) is 0 Å². The monoisotopic (exact) mass is 227 g/mol. The van der Waals surface area contributed by atoms with E-state index in [1.54, 1.807) is 0 Å². The van der Waals surface area contributed by atoms with Crippen molar-refractivity contribution in [1.82, 2.24) is 15.5 Å². The molecule has 0 aromatic heterocycles. The minimum Gasteiger partial charge on any atom is -0.366 e. The smallest absolute Gasteiger partial charge is 0.253 e. The fourth-order valence-electron chi connectivity index (χ4n) is 1.72. The number of piperazine rings is 1. The standard InChI is InChI=1S/C9H13N3O4/c13-7-4-12(5-8(14)11-7)9(15)6-3-10-1-2-16-6/h6,10H,1-5H2,(H,11,13,14). The van der Waals surface area contributed by atoms with E-state index in [1.807, 2.05) is 0 Å². The molecular weight excluding hydrogens is 214 g/mol. The number of nitrogens with one attached hydrogen (secondary N) is 2. The third kappa shape index (κ3) is 2.37. The van der Waals surface area contributed by atoms with E-state index >= 15 is 0 Å². The van der Waals surface area contributed by atoms with Crippen molar-refractivity contribution in [2.75, 3.05) is 32.8 Å². The van der Waals surface area contributed by atoms with Crippen molar-refractivity contribution in [3.05, 3.63) is 0 Å². The van der Waals surface area contributed by atoms with E-state index in [1.165, 1.54) is 4.90 Å². The molecule has 0 bridgehead atoms. The van der Waals surface area contributed by atoms with Crippen molar-refractivity contribution >= 4 is 17.7 Å². The van der Waals surface area contributed by atoms with Gasteiger partial charge < -0.3 is 15.0 Å². The zero-order valence-electron chi connectivity index (χ0n) is 8.69. The maximum absolute atomic E-state index is 11.9. The van der Waals surface area contributed by atoms with Crippen molar-refractivity contribution in [2.45, 2.75) is 6.10 Å². The molecule has 0 aromatic rings. The highest BCUT2D eigenvalue weighted by Crippen LogP contribution is 2.04. The fourth-order valence-corrected chi connectivity index (χ4v) is 1.72. The highest BCUT2D eigenvalue weighted by Gasteiger charge is 2.32. The van der Waals surface area contributed by atoms with E-state index < -0.39 is 17.9 Å². The first-order valence-electron chi connectivity index (χ1n) is 5.10. The number of morpholine rings is 1. The molecule has 2 N–H and O–H groups in total. The third-order valence-electron chi connectivity index (χ3n) is 2.46. The maximum atomic E-state index is 11.9. The van der Waals surface area contributed by atoms with Crippen LogP contribution in [0.25, 0.3) is 0 Å².